The number of nitrogens with zero attached hydrogens (tertiary/aromatic N) is 1. The van der Waals surface area contributed by atoms with Gasteiger partial charge in [0.2, 0.25) is 9.84 Å². The first-order chi connectivity index (χ1) is 15.4. The van der Waals surface area contributed by atoms with Crippen LogP contribution in [0.1, 0.15) is 44.9 Å². The molecule has 0 aliphatic heterocycles. The normalized spacial score (nSPS) is 11.6. The lowest BCUT2D eigenvalue weighted by atomic mass is 10.1. The maximum absolute atomic E-state index is 13.3. The molecule has 0 amide bonds. The Balaban J connectivity index is 1.87. The summed E-state index contributed by atoms with van der Waals surface area (Å²) in [6.07, 6.45) is 0.500. The summed E-state index contributed by atoms with van der Waals surface area (Å²) < 4.78 is 34.1. The topological polar surface area (TPSA) is 85.6 Å². The number of carboxylic acid groups (broad SMARTS) is 1. The first kappa shape index (κ1) is 24.9. The highest BCUT2D eigenvalue weighted by Gasteiger charge is 2.31. The number of aryl methyl sites for hydroxylation is 3. The van der Waals surface area contributed by atoms with Gasteiger partial charge >= 0.3 is 5.97 Å². The number of aromatic nitrogens is 1. The monoisotopic (exact) mass is 489 g/mol. The van der Waals surface area contributed by atoms with Crippen molar-refractivity contribution in [2.24, 2.45) is 0 Å². The molecule has 6 nitrogen and oxygen atoms in total. The van der Waals surface area contributed by atoms with Gasteiger partial charge in [-0.3, -0.25) is 0 Å². The zero-order chi connectivity index (χ0) is 24.5. The summed E-state index contributed by atoms with van der Waals surface area (Å²) in [6.45, 7) is 9.53. The van der Waals surface area contributed by atoms with E-state index in [1.54, 1.807) is 42.7 Å². The van der Waals surface area contributed by atoms with Crippen molar-refractivity contribution in [3.63, 3.8) is 0 Å². The molecule has 0 atom stereocenters. The lowest BCUT2D eigenvalue weighted by Gasteiger charge is -2.12. The summed E-state index contributed by atoms with van der Waals surface area (Å²) in [7, 11) is -3.87. The minimum atomic E-state index is -3.87. The third-order valence-corrected chi connectivity index (χ3v) is 8.33. The molecule has 176 valence electrons. The average molecular weight is 490 g/mol. The molecule has 0 bridgehead atoms. The third kappa shape index (κ3) is 4.94. The number of carboxylic acids is 1. The summed E-state index contributed by atoms with van der Waals surface area (Å²) in [5, 5.41) is 10.5. The van der Waals surface area contributed by atoms with Gasteiger partial charge in [0.25, 0.3) is 0 Å². The number of hydrogen-bond donors (Lipinski definition) is 1. The van der Waals surface area contributed by atoms with E-state index < -0.39 is 15.8 Å². The van der Waals surface area contributed by atoms with E-state index in [9.17, 15) is 18.3 Å². The van der Waals surface area contributed by atoms with Gasteiger partial charge in [-0.15, -0.1) is 0 Å². The van der Waals surface area contributed by atoms with Crippen LogP contribution in [0.2, 0.25) is 5.02 Å². The fraction of sp³-hybridized carbons (Fsp3) is 0.320. The Morgan fingerprint density at radius 2 is 1.61 bits per heavy atom. The van der Waals surface area contributed by atoms with Gasteiger partial charge in [0.05, 0.1) is 16.4 Å². The molecule has 1 N–H and O–H groups in total. The predicted molar refractivity (Wildman–Crippen MR) is 129 cm³/mol. The molecular weight excluding hydrogens is 462 g/mol. The molecule has 33 heavy (non-hydrogen) atoms. The van der Waals surface area contributed by atoms with Crippen LogP contribution in [0.4, 0.5) is 0 Å². The molecular formula is C25H28ClNO5S. The average Bonchev–Trinajstić information content (AvgIpc) is 2.99. The van der Waals surface area contributed by atoms with Crippen LogP contribution in [0.5, 0.6) is 5.75 Å². The predicted octanol–water partition coefficient (Wildman–Crippen LogP) is 5.68. The van der Waals surface area contributed by atoms with E-state index in [2.05, 4.69) is 0 Å². The van der Waals surface area contributed by atoms with Crippen LogP contribution in [0, 0.1) is 34.6 Å². The molecule has 3 aromatic rings. The summed E-state index contributed by atoms with van der Waals surface area (Å²) >= 11 is 6.20. The van der Waals surface area contributed by atoms with Crippen molar-refractivity contribution in [3.8, 4) is 5.75 Å². The van der Waals surface area contributed by atoms with E-state index in [-0.39, 0.29) is 21.0 Å². The molecule has 0 aliphatic rings. The van der Waals surface area contributed by atoms with E-state index in [1.165, 1.54) is 0 Å². The van der Waals surface area contributed by atoms with E-state index in [0.717, 1.165) is 16.7 Å². The highest BCUT2D eigenvalue weighted by molar-refractivity contribution is 7.91. The zero-order valence-corrected chi connectivity index (χ0v) is 21.0. The molecule has 0 saturated carbocycles. The maximum atomic E-state index is 13.3. The SMILES string of the molecule is Cc1ccc(S(=O)(=O)c2c(C)c(C(=O)O)n(CCCOc3cc(C)c(Cl)c(C)c3)c2C)cc1. The Kier molecular flexibility index (Phi) is 7.24. The third-order valence-electron chi connectivity index (χ3n) is 5.71. The van der Waals surface area contributed by atoms with Crippen molar-refractivity contribution in [1.29, 1.82) is 0 Å². The van der Waals surface area contributed by atoms with E-state index >= 15 is 0 Å². The van der Waals surface area contributed by atoms with Crippen LogP contribution in [-0.2, 0) is 16.4 Å². The summed E-state index contributed by atoms with van der Waals surface area (Å²) in [6, 6.07) is 10.3. The molecule has 0 radical (unpaired) electrons. The van der Waals surface area contributed by atoms with Crippen molar-refractivity contribution in [1.82, 2.24) is 4.57 Å². The second kappa shape index (κ2) is 9.61. The Morgan fingerprint density at radius 3 is 2.15 bits per heavy atom. The molecule has 0 aliphatic carbocycles. The number of hydrogen-bond acceptors (Lipinski definition) is 4. The zero-order valence-electron chi connectivity index (χ0n) is 19.4. The number of sulfone groups is 1. The summed E-state index contributed by atoms with van der Waals surface area (Å²) in [5.41, 5.74) is 3.41. The highest BCUT2D eigenvalue weighted by Crippen LogP contribution is 2.32. The fourth-order valence-corrected chi connectivity index (χ4v) is 5.90. The van der Waals surface area contributed by atoms with Gasteiger partial charge in [-0.05, 0) is 76.4 Å². The standard InChI is InChI=1S/C25H28ClNO5S/c1-15-7-9-21(10-8-15)33(30,31)24-18(4)23(25(28)29)27(19(24)5)11-6-12-32-20-13-16(2)22(26)17(3)14-20/h7-10,13-14H,6,11-12H2,1-5H3,(H,28,29). The van der Waals surface area contributed by atoms with E-state index in [4.69, 9.17) is 16.3 Å². The number of halogens is 1. The van der Waals surface area contributed by atoms with Crippen LogP contribution in [0.15, 0.2) is 46.2 Å². The Morgan fingerprint density at radius 1 is 1.03 bits per heavy atom. The molecule has 0 saturated heterocycles. The molecule has 8 heteroatoms. The van der Waals surface area contributed by atoms with Crippen LogP contribution >= 0.6 is 11.6 Å². The second-order valence-electron chi connectivity index (χ2n) is 8.23. The van der Waals surface area contributed by atoms with Crippen LogP contribution in [-0.4, -0.2) is 30.7 Å². The van der Waals surface area contributed by atoms with Gasteiger partial charge in [-0.1, -0.05) is 29.3 Å². The molecule has 0 fully saturated rings. The van der Waals surface area contributed by atoms with Crippen LogP contribution in [0.25, 0.3) is 0 Å². The molecule has 2 aromatic carbocycles. The van der Waals surface area contributed by atoms with Crippen molar-refractivity contribution in [2.45, 2.75) is 57.4 Å². The van der Waals surface area contributed by atoms with Crippen molar-refractivity contribution >= 4 is 27.4 Å². The lowest BCUT2D eigenvalue weighted by Crippen LogP contribution is -2.13. The highest BCUT2D eigenvalue weighted by atomic mass is 35.5. The summed E-state index contributed by atoms with van der Waals surface area (Å²) in [4.78, 5) is 12.2. The Bertz CT molecular complexity index is 1280. The fourth-order valence-electron chi connectivity index (χ4n) is 4.06. The van der Waals surface area contributed by atoms with Crippen LogP contribution in [0.3, 0.4) is 0 Å². The lowest BCUT2D eigenvalue weighted by molar-refractivity contribution is 0.0683. The minimum Gasteiger partial charge on any atom is -0.494 e. The Labute approximate surface area is 199 Å². The number of benzene rings is 2. The first-order valence-corrected chi connectivity index (χ1v) is 12.5. The summed E-state index contributed by atoms with van der Waals surface area (Å²) in [5.74, 6) is -0.471. The number of rotatable bonds is 8. The quantitative estimate of drug-likeness (QED) is 0.411. The van der Waals surface area contributed by atoms with Gasteiger partial charge in [0.1, 0.15) is 11.4 Å². The molecule has 1 aromatic heterocycles. The first-order valence-electron chi connectivity index (χ1n) is 10.6. The number of ether oxygens (including phenoxy) is 1. The second-order valence-corrected chi connectivity index (χ2v) is 10.5. The molecule has 3 rings (SSSR count). The molecule has 0 spiro atoms. The van der Waals surface area contributed by atoms with Crippen LogP contribution < -0.4 is 4.74 Å². The smallest absolute Gasteiger partial charge is 0.352 e. The van der Waals surface area contributed by atoms with E-state index in [1.807, 2.05) is 32.9 Å². The van der Waals surface area contributed by atoms with Gasteiger partial charge in [0.15, 0.2) is 0 Å². The van der Waals surface area contributed by atoms with Gasteiger partial charge in [0, 0.05) is 22.8 Å². The maximum Gasteiger partial charge on any atom is 0.352 e. The van der Waals surface area contributed by atoms with Gasteiger partial charge in [-0.2, -0.15) is 0 Å². The largest absolute Gasteiger partial charge is 0.494 e. The Hall–Kier alpha value is -2.77. The number of carbonyl (C=O) groups is 1. The van der Waals surface area contributed by atoms with Crippen molar-refractivity contribution < 1.29 is 23.1 Å². The molecule has 0 unspecified atom stereocenters. The molecule has 1 heterocycles. The van der Waals surface area contributed by atoms with Crippen molar-refractivity contribution in [3.05, 3.63) is 75.1 Å². The van der Waals surface area contributed by atoms with E-state index in [0.29, 0.717) is 36.0 Å². The van der Waals surface area contributed by atoms with Gasteiger partial charge in [-0.25, -0.2) is 13.2 Å². The van der Waals surface area contributed by atoms with Gasteiger partial charge < -0.3 is 14.4 Å². The minimum absolute atomic E-state index is 0.0173. The number of aromatic carboxylic acids is 1. The van der Waals surface area contributed by atoms with Crippen molar-refractivity contribution in [2.75, 3.05) is 6.61 Å².